The molecule has 1 aliphatic heterocycles. The second-order valence-electron chi connectivity index (χ2n) is 7.67. The molecule has 0 N–H and O–H groups in total. The molecule has 0 aromatic heterocycles. The predicted molar refractivity (Wildman–Crippen MR) is 96.9 cm³/mol. The highest BCUT2D eigenvalue weighted by molar-refractivity contribution is 6.93. The summed E-state index contributed by atoms with van der Waals surface area (Å²) in [6, 6.07) is 2.18. The van der Waals surface area contributed by atoms with E-state index in [4.69, 9.17) is 16.5 Å². The Morgan fingerprint density at radius 3 is 1.75 bits per heavy atom. The second kappa shape index (κ2) is 6.20. The van der Waals surface area contributed by atoms with Gasteiger partial charge in [-0.05, 0) is 71.0 Å². The van der Waals surface area contributed by atoms with Crippen LogP contribution in [-0.2, 0) is 16.5 Å². The van der Waals surface area contributed by atoms with Crippen molar-refractivity contribution in [3.05, 3.63) is 0 Å². The maximum atomic E-state index is 6.34. The van der Waals surface area contributed by atoms with Crippen molar-refractivity contribution in [1.29, 1.82) is 0 Å². The van der Waals surface area contributed by atoms with Gasteiger partial charge in [-0.25, -0.2) is 0 Å². The van der Waals surface area contributed by atoms with E-state index in [0.717, 1.165) is 12.1 Å². The maximum Gasteiger partial charge on any atom is 0.317 e. The highest BCUT2D eigenvalue weighted by Crippen LogP contribution is 2.34. The minimum atomic E-state index is -2.10. The first-order valence-electron chi connectivity index (χ1n) is 7.53. The van der Waals surface area contributed by atoms with Gasteiger partial charge in [0.15, 0.2) is 17.4 Å². The third-order valence-electron chi connectivity index (χ3n) is 3.15. The molecule has 1 rings (SSSR count). The lowest BCUT2D eigenvalue weighted by atomic mass is 10.9. The topological polar surface area (TPSA) is 36.9 Å². The van der Waals surface area contributed by atoms with Crippen LogP contribution in [-0.4, -0.2) is 43.0 Å². The van der Waals surface area contributed by atoms with E-state index < -0.39 is 43.0 Å². The molecule has 1 aliphatic rings. The number of rotatable bonds is 5. The van der Waals surface area contributed by atoms with E-state index in [1.807, 2.05) is 0 Å². The molecular weight excluding hydrogens is 337 g/mol. The monoisotopic (exact) mass is 368 g/mol. The molecule has 0 radical (unpaired) electrons. The highest BCUT2D eigenvalue weighted by Gasteiger charge is 2.52. The molecule has 0 amide bonds. The number of hydrogen-bond acceptors (Lipinski definition) is 4. The Balaban J connectivity index is 2.70. The van der Waals surface area contributed by atoms with Crippen molar-refractivity contribution in [1.82, 2.24) is 0 Å². The Morgan fingerprint density at radius 1 is 0.900 bits per heavy atom. The van der Waals surface area contributed by atoms with Gasteiger partial charge in [0.1, 0.15) is 0 Å². The lowest BCUT2D eigenvalue weighted by molar-refractivity contribution is 0.233. The van der Waals surface area contributed by atoms with Crippen molar-refractivity contribution < 1.29 is 16.5 Å². The normalized spacial score (nSPS) is 24.9. The average Bonchev–Trinajstić information content (AvgIpc) is 2.06. The summed E-state index contributed by atoms with van der Waals surface area (Å²) in [6.45, 7) is 20.0. The van der Waals surface area contributed by atoms with Crippen LogP contribution in [0.3, 0.4) is 0 Å². The molecule has 4 nitrogen and oxygen atoms in total. The molecule has 20 heavy (non-hydrogen) atoms. The van der Waals surface area contributed by atoms with Gasteiger partial charge in [-0.15, -0.1) is 0 Å². The van der Waals surface area contributed by atoms with Crippen LogP contribution in [0.1, 0.15) is 0 Å². The SMILES string of the molecule is C[SiH](C)O[Si](C)(C)CC[Si]1(C)O[Si](C)(C)O[Si](C)(C)O1. The van der Waals surface area contributed by atoms with Gasteiger partial charge in [-0.1, -0.05) is 0 Å². The van der Waals surface area contributed by atoms with Crippen molar-refractivity contribution in [3.8, 4) is 0 Å². The van der Waals surface area contributed by atoms with Gasteiger partial charge in [-0.2, -0.15) is 0 Å². The fraction of sp³-hybridized carbons (Fsp3) is 1.00. The van der Waals surface area contributed by atoms with E-state index in [1.54, 1.807) is 0 Å². The summed E-state index contributed by atoms with van der Waals surface area (Å²) < 4.78 is 25.1. The van der Waals surface area contributed by atoms with Gasteiger partial charge in [0.2, 0.25) is 0 Å². The van der Waals surface area contributed by atoms with Crippen LogP contribution in [0, 0.1) is 0 Å². The first-order chi connectivity index (χ1) is 8.74. The average molecular weight is 369 g/mol. The van der Waals surface area contributed by atoms with Gasteiger partial charge < -0.3 is 16.5 Å². The summed E-state index contributed by atoms with van der Waals surface area (Å²) in [4.78, 5) is 0. The molecule has 0 aliphatic carbocycles. The zero-order chi connectivity index (χ0) is 15.8. The lowest BCUT2D eigenvalue weighted by Crippen LogP contribution is -2.65. The molecule has 0 atom stereocenters. The fourth-order valence-electron chi connectivity index (χ4n) is 3.02. The molecule has 120 valence electrons. The Kier molecular flexibility index (Phi) is 5.88. The van der Waals surface area contributed by atoms with Crippen LogP contribution in [0.5, 0.6) is 0 Å². The van der Waals surface area contributed by atoms with E-state index in [2.05, 4.69) is 58.9 Å². The van der Waals surface area contributed by atoms with E-state index in [-0.39, 0.29) is 0 Å². The summed E-state index contributed by atoms with van der Waals surface area (Å²) in [5.74, 6) is 0. The van der Waals surface area contributed by atoms with Crippen LogP contribution in [0.4, 0.5) is 0 Å². The van der Waals surface area contributed by atoms with Crippen LogP contribution in [0.15, 0.2) is 0 Å². The Morgan fingerprint density at radius 2 is 1.35 bits per heavy atom. The molecule has 0 aromatic rings. The zero-order valence-electron chi connectivity index (χ0n) is 14.6. The van der Waals surface area contributed by atoms with Crippen LogP contribution >= 0.6 is 0 Å². The lowest BCUT2D eigenvalue weighted by Gasteiger charge is -2.48. The molecule has 1 fully saturated rings. The Hall–Kier alpha value is 0.924. The van der Waals surface area contributed by atoms with Gasteiger partial charge in [-0.3, -0.25) is 0 Å². The molecular formula is C11H32O4Si5. The smallest absolute Gasteiger partial charge is 0.317 e. The summed E-state index contributed by atoms with van der Waals surface area (Å²) >= 11 is 0. The first-order valence-corrected chi connectivity index (χ1v) is 21.6. The minimum Gasteiger partial charge on any atom is -0.458 e. The molecule has 9 heteroatoms. The molecule has 0 aromatic carbocycles. The molecule has 0 unspecified atom stereocenters. The zero-order valence-corrected chi connectivity index (χ0v) is 19.8. The molecule has 1 heterocycles. The highest BCUT2D eigenvalue weighted by atomic mass is 28.5. The number of hydrogen-bond donors (Lipinski definition) is 0. The quantitative estimate of drug-likeness (QED) is 0.693. The molecule has 1 saturated heterocycles. The van der Waals surface area contributed by atoms with E-state index in [1.165, 1.54) is 0 Å². The minimum absolute atomic E-state index is 0.957. The van der Waals surface area contributed by atoms with Crippen molar-refractivity contribution in [2.75, 3.05) is 0 Å². The van der Waals surface area contributed by atoms with Crippen molar-refractivity contribution in [2.45, 2.75) is 71.0 Å². The van der Waals surface area contributed by atoms with Crippen molar-refractivity contribution in [2.24, 2.45) is 0 Å². The van der Waals surface area contributed by atoms with Crippen molar-refractivity contribution >= 4 is 43.0 Å². The molecule has 0 spiro atoms. The summed E-state index contributed by atoms with van der Waals surface area (Å²) in [6.07, 6.45) is 0. The van der Waals surface area contributed by atoms with Crippen LogP contribution in [0.25, 0.3) is 0 Å². The van der Waals surface area contributed by atoms with Crippen LogP contribution < -0.4 is 0 Å². The maximum absolute atomic E-state index is 6.34. The van der Waals surface area contributed by atoms with Gasteiger partial charge >= 0.3 is 25.7 Å². The summed E-state index contributed by atoms with van der Waals surface area (Å²) in [5, 5.41) is 0. The first kappa shape index (κ1) is 19.0. The standard InChI is InChI=1S/C11H32O4Si5/c1-16(2)12-17(3,4)10-11-20(9)14-18(5,6)13-19(7,8)15-20/h16H,10-11H2,1-9H3. The Labute approximate surface area is 130 Å². The van der Waals surface area contributed by atoms with Gasteiger partial charge in [0, 0.05) is 0 Å². The van der Waals surface area contributed by atoms with Gasteiger partial charge in [0.05, 0.1) is 0 Å². The third-order valence-corrected chi connectivity index (χ3v) is 22.0. The van der Waals surface area contributed by atoms with E-state index in [0.29, 0.717) is 0 Å². The summed E-state index contributed by atoms with van der Waals surface area (Å²) in [7, 11) is -8.64. The van der Waals surface area contributed by atoms with Crippen LogP contribution in [0.2, 0.25) is 71.0 Å². The molecule has 0 bridgehead atoms. The van der Waals surface area contributed by atoms with Gasteiger partial charge in [0.25, 0.3) is 0 Å². The third kappa shape index (κ3) is 6.36. The fourth-order valence-corrected chi connectivity index (χ4v) is 28.3. The van der Waals surface area contributed by atoms with E-state index in [9.17, 15) is 0 Å². The largest absolute Gasteiger partial charge is 0.458 e. The molecule has 0 saturated carbocycles. The van der Waals surface area contributed by atoms with E-state index >= 15 is 0 Å². The predicted octanol–water partition coefficient (Wildman–Crippen LogP) is 3.73. The van der Waals surface area contributed by atoms with Crippen molar-refractivity contribution in [3.63, 3.8) is 0 Å². The summed E-state index contributed by atoms with van der Waals surface area (Å²) in [5.41, 5.74) is 0. The Bertz CT molecular complexity index is 330. The second-order valence-corrected chi connectivity index (χ2v) is 25.5.